The van der Waals surface area contributed by atoms with Crippen LogP contribution >= 0.6 is 23.3 Å². The predicted octanol–water partition coefficient (Wildman–Crippen LogP) is 1.37. The Balaban J connectivity index is 2.04. The minimum absolute atomic E-state index is 0.788. The molecule has 0 bridgehead atoms. The van der Waals surface area contributed by atoms with Gasteiger partial charge in [-0.2, -0.15) is 4.37 Å². The van der Waals surface area contributed by atoms with Crippen LogP contribution in [0.2, 0.25) is 0 Å². The highest BCUT2D eigenvalue weighted by Gasteiger charge is 1.95. The number of thioether (sulfide) groups is 1. The summed E-state index contributed by atoms with van der Waals surface area (Å²) in [6, 6.07) is 0. The van der Waals surface area contributed by atoms with Crippen LogP contribution in [-0.4, -0.2) is 21.7 Å². The molecule has 0 unspecified atom stereocenters. The molecular weight excluding hydrogens is 178 g/mol. The lowest BCUT2D eigenvalue weighted by Crippen LogP contribution is -1.98. The Hall–Kier alpha value is -0.130. The van der Waals surface area contributed by atoms with Crippen LogP contribution in [0.4, 0.5) is 0 Å². The number of nitrogens with zero attached hydrogens (tertiary/aromatic N) is 2. The van der Waals surface area contributed by atoms with E-state index in [-0.39, 0.29) is 0 Å². The summed E-state index contributed by atoms with van der Waals surface area (Å²) >= 11 is 3.21. The van der Waals surface area contributed by atoms with Crippen molar-refractivity contribution in [2.75, 3.05) is 12.3 Å². The fraction of sp³-hybridized carbons (Fsp3) is 0.667. The maximum absolute atomic E-state index is 5.35. The Kier molecular flexibility index (Phi) is 4.49. The molecule has 0 radical (unpaired) electrons. The SMILES string of the molecule is NCCCCSc1ncns1. The highest BCUT2D eigenvalue weighted by atomic mass is 32.2. The van der Waals surface area contributed by atoms with Gasteiger partial charge >= 0.3 is 0 Å². The van der Waals surface area contributed by atoms with Crippen LogP contribution in [0.1, 0.15) is 12.8 Å². The number of aromatic nitrogens is 2. The fourth-order valence-electron chi connectivity index (χ4n) is 0.632. The summed E-state index contributed by atoms with van der Waals surface area (Å²) < 4.78 is 4.96. The van der Waals surface area contributed by atoms with Crippen LogP contribution in [0.3, 0.4) is 0 Å². The molecule has 0 aromatic carbocycles. The largest absolute Gasteiger partial charge is 0.330 e. The van der Waals surface area contributed by atoms with E-state index in [1.807, 2.05) is 0 Å². The maximum atomic E-state index is 5.35. The first kappa shape index (κ1) is 8.96. The van der Waals surface area contributed by atoms with Gasteiger partial charge in [0.05, 0.1) is 0 Å². The summed E-state index contributed by atoms with van der Waals surface area (Å²) in [4.78, 5) is 4.05. The van der Waals surface area contributed by atoms with Gasteiger partial charge in [-0.15, -0.1) is 0 Å². The lowest BCUT2D eigenvalue weighted by molar-refractivity contribution is 0.814. The van der Waals surface area contributed by atoms with Crippen LogP contribution in [0.15, 0.2) is 10.7 Å². The van der Waals surface area contributed by atoms with Crippen molar-refractivity contribution in [3.05, 3.63) is 6.33 Å². The van der Waals surface area contributed by atoms with Crippen molar-refractivity contribution in [2.24, 2.45) is 5.73 Å². The molecule has 0 aliphatic carbocycles. The van der Waals surface area contributed by atoms with Crippen molar-refractivity contribution >= 4 is 23.3 Å². The van der Waals surface area contributed by atoms with Crippen molar-refractivity contribution in [3.8, 4) is 0 Å². The van der Waals surface area contributed by atoms with Crippen LogP contribution < -0.4 is 5.73 Å². The average Bonchev–Trinajstić information content (AvgIpc) is 2.50. The van der Waals surface area contributed by atoms with Gasteiger partial charge in [0, 0.05) is 5.75 Å². The second-order valence-electron chi connectivity index (χ2n) is 2.05. The third-order valence-corrected chi connectivity index (χ3v) is 3.05. The normalized spacial score (nSPS) is 10.3. The van der Waals surface area contributed by atoms with Crippen LogP contribution in [0, 0.1) is 0 Å². The molecule has 5 heteroatoms. The molecule has 0 atom stereocenters. The van der Waals surface area contributed by atoms with Gasteiger partial charge in [-0.1, -0.05) is 11.8 Å². The van der Waals surface area contributed by atoms with E-state index in [0.29, 0.717) is 0 Å². The van der Waals surface area contributed by atoms with E-state index in [2.05, 4.69) is 9.36 Å². The molecule has 0 saturated heterocycles. The smallest absolute Gasteiger partial charge is 0.169 e. The van der Waals surface area contributed by atoms with Gasteiger partial charge in [-0.05, 0) is 30.9 Å². The van der Waals surface area contributed by atoms with E-state index in [1.54, 1.807) is 18.1 Å². The number of rotatable bonds is 5. The van der Waals surface area contributed by atoms with Gasteiger partial charge in [0.15, 0.2) is 4.34 Å². The molecule has 0 saturated carbocycles. The molecule has 0 spiro atoms. The highest BCUT2D eigenvalue weighted by Crippen LogP contribution is 2.18. The second-order valence-corrected chi connectivity index (χ2v) is 4.17. The van der Waals surface area contributed by atoms with Crippen molar-refractivity contribution in [1.29, 1.82) is 0 Å². The zero-order valence-electron chi connectivity index (χ0n) is 6.19. The minimum atomic E-state index is 0.788. The first-order valence-electron chi connectivity index (χ1n) is 3.53. The van der Waals surface area contributed by atoms with E-state index < -0.39 is 0 Å². The summed E-state index contributed by atoms with van der Waals surface area (Å²) in [7, 11) is 0. The molecule has 0 aliphatic rings. The fourth-order valence-corrected chi connectivity index (χ4v) is 2.15. The molecule has 0 aliphatic heterocycles. The molecule has 3 nitrogen and oxygen atoms in total. The topological polar surface area (TPSA) is 51.8 Å². The Bertz CT molecular complexity index is 176. The van der Waals surface area contributed by atoms with Crippen LogP contribution in [0.5, 0.6) is 0 Å². The molecule has 1 aromatic heterocycles. The standard InChI is InChI=1S/C6H11N3S2/c7-3-1-2-4-10-6-8-5-9-11-6/h5H,1-4,7H2. The molecule has 1 aromatic rings. The molecule has 62 valence electrons. The lowest BCUT2D eigenvalue weighted by Gasteiger charge is -1.94. The number of nitrogens with two attached hydrogens (primary N) is 1. The molecular formula is C6H11N3S2. The van der Waals surface area contributed by atoms with Crippen molar-refractivity contribution in [1.82, 2.24) is 9.36 Å². The minimum Gasteiger partial charge on any atom is -0.330 e. The molecule has 1 rings (SSSR count). The van der Waals surface area contributed by atoms with E-state index in [9.17, 15) is 0 Å². The number of hydrogen-bond acceptors (Lipinski definition) is 5. The van der Waals surface area contributed by atoms with Gasteiger partial charge in [-0.25, -0.2) is 4.98 Å². The zero-order chi connectivity index (χ0) is 7.94. The molecule has 1 heterocycles. The Labute approximate surface area is 74.6 Å². The predicted molar refractivity (Wildman–Crippen MR) is 48.9 cm³/mol. The number of unbranched alkanes of at least 4 members (excludes halogenated alkanes) is 1. The summed E-state index contributed by atoms with van der Waals surface area (Å²) in [5, 5.41) is 0. The molecule has 0 amide bonds. The number of hydrogen-bond donors (Lipinski definition) is 1. The summed E-state index contributed by atoms with van der Waals surface area (Å²) in [6.07, 6.45) is 3.86. The van der Waals surface area contributed by atoms with Crippen molar-refractivity contribution < 1.29 is 0 Å². The zero-order valence-corrected chi connectivity index (χ0v) is 7.83. The third-order valence-electron chi connectivity index (χ3n) is 1.17. The molecule has 2 N–H and O–H groups in total. The van der Waals surface area contributed by atoms with Gasteiger partial charge in [0.2, 0.25) is 0 Å². The highest BCUT2D eigenvalue weighted by molar-refractivity contribution is 8.00. The third kappa shape index (κ3) is 3.69. The van der Waals surface area contributed by atoms with Crippen LogP contribution in [0.25, 0.3) is 0 Å². The van der Waals surface area contributed by atoms with Gasteiger partial charge in [0.1, 0.15) is 6.33 Å². The quantitative estimate of drug-likeness (QED) is 0.561. The van der Waals surface area contributed by atoms with Gasteiger partial charge in [-0.3, -0.25) is 0 Å². The second kappa shape index (κ2) is 5.51. The molecule has 11 heavy (non-hydrogen) atoms. The van der Waals surface area contributed by atoms with E-state index in [1.165, 1.54) is 18.0 Å². The van der Waals surface area contributed by atoms with E-state index >= 15 is 0 Å². The van der Waals surface area contributed by atoms with Gasteiger partial charge < -0.3 is 5.73 Å². The van der Waals surface area contributed by atoms with Crippen molar-refractivity contribution in [3.63, 3.8) is 0 Å². The average molecular weight is 189 g/mol. The van der Waals surface area contributed by atoms with E-state index in [0.717, 1.165) is 23.1 Å². The first-order valence-corrected chi connectivity index (χ1v) is 5.29. The Morgan fingerprint density at radius 2 is 2.45 bits per heavy atom. The Morgan fingerprint density at radius 1 is 1.55 bits per heavy atom. The molecule has 0 fully saturated rings. The summed E-state index contributed by atoms with van der Waals surface area (Å²) in [5.74, 6) is 1.10. The maximum Gasteiger partial charge on any atom is 0.169 e. The van der Waals surface area contributed by atoms with Crippen LogP contribution in [-0.2, 0) is 0 Å². The summed E-state index contributed by atoms with van der Waals surface area (Å²) in [5.41, 5.74) is 5.35. The monoisotopic (exact) mass is 189 g/mol. The summed E-state index contributed by atoms with van der Waals surface area (Å²) in [6.45, 7) is 0.788. The van der Waals surface area contributed by atoms with Crippen molar-refractivity contribution in [2.45, 2.75) is 17.2 Å². The van der Waals surface area contributed by atoms with E-state index in [4.69, 9.17) is 5.73 Å². The van der Waals surface area contributed by atoms with Gasteiger partial charge in [0.25, 0.3) is 0 Å². The Morgan fingerprint density at radius 3 is 3.09 bits per heavy atom. The lowest BCUT2D eigenvalue weighted by atomic mass is 10.3. The first-order chi connectivity index (χ1) is 5.43.